The SMILES string of the molecule is CC(C)c1ccccc1NC(=O)Nc1cccc(NC(=O)Nc2cccc(NC(=O)Nc3cccc(NC(=O)Nc4ccccc4C(C)C)c3)c2)c1. The van der Waals surface area contributed by atoms with Crippen LogP contribution in [0.3, 0.4) is 0 Å². The van der Waals surface area contributed by atoms with Gasteiger partial charge in [-0.25, -0.2) is 19.2 Å². The number of hydrogen-bond acceptors (Lipinski definition) is 4. The molecule has 0 fully saturated rings. The summed E-state index contributed by atoms with van der Waals surface area (Å²) < 4.78 is 0. The molecule has 8 N–H and O–H groups in total. The summed E-state index contributed by atoms with van der Waals surface area (Å²) in [6, 6.07) is 33.6. The fourth-order valence-corrected chi connectivity index (χ4v) is 5.41. The molecule has 0 bridgehead atoms. The van der Waals surface area contributed by atoms with Gasteiger partial charge >= 0.3 is 24.1 Å². The molecule has 0 heterocycles. The van der Waals surface area contributed by atoms with Crippen molar-refractivity contribution in [2.24, 2.45) is 0 Å². The number of carbonyl (C=O) groups is 4. The number of nitrogens with one attached hydrogen (secondary N) is 8. The fraction of sp³-hybridized carbons (Fsp3) is 0.150. The average molecular weight is 699 g/mol. The molecule has 266 valence electrons. The summed E-state index contributed by atoms with van der Waals surface area (Å²) in [5.41, 5.74) is 6.27. The van der Waals surface area contributed by atoms with E-state index >= 15 is 0 Å². The second-order valence-electron chi connectivity index (χ2n) is 12.5. The third-order valence-electron chi connectivity index (χ3n) is 7.80. The predicted molar refractivity (Wildman–Crippen MR) is 211 cm³/mol. The van der Waals surface area contributed by atoms with E-state index in [1.807, 2.05) is 48.5 Å². The van der Waals surface area contributed by atoms with Crippen LogP contribution in [0.1, 0.15) is 50.7 Å². The Labute approximate surface area is 302 Å². The van der Waals surface area contributed by atoms with Crippen molar-refractivity contribution in [3.05, 3.63) is 132 Å². The summed E-state index contributed by atoms with van der Waals surface area (Å²) in [6.07, 6.45) is 0. The first-order valence-corrected chi connectivity index (χ1v) is 16.8. The van der Waals surface area contributed by atoms with Gasteiger partial charge in [0.15, 0.2) is 0 Å². The summed E-state index contributed by atoms with van der Waals surface area (Å²) in [5, 5.41) is 22.4. The van der Waals surface area contributed by atoms with Crippen LogP contribution in [-0.2, 0) is 0 Å². The molecule has 12 nitrogen and oxygen atoms in total. The van der Waals surface area contributed by atoms with Crippen LogP contribution in [0.25, 0.3) is 0 Å². The van der Waals surface area contributed by atoms with Crippen LogP contribution in [0, 0.1) is 0 Å². The third kappa shape index (κ3) is 10.6. The Bertz CT molecular complexity index is 1920. The standard InChI is InChI=1S/C40H42N8O4/c1-25(2)33-18-5-7-20-35(33)47-39(51)45-31-16-10-14-29(23-31)43-37(49)41-27-12-9-13-28(22-27)42-38(50)44-30-15-11-17-32(24-30)46-40(52)48-36-21-8-6-19-34(36)26(3)4/h5-26H,1-4H3,(H2,41,43,49)(H2,42,44,50)(H2,45,47,51)(H2,46,48,52). The van der Waals surface area contributed by atoms with Crippen molar-refractivity contribution in [3.63, 3.8) is 0 Å². The van der Waals surface area contributed by atoms with Gasteiger partial charge in [-0.15, -0.1) is 0 Å². The third-order valence-corrected chi connectivity index (χ3v) is 7.80. The molecule has 5 rings (SSSR count). The van der Waals surface area contributed by atoms with E-state index in [1.165, 1.54) is 0 Å². The predicted octanol–water partition coefficient (Wildman–Crippen LogP) is 10.5. The van der Waals surface area contributed by atoms with E-state index in [4.69, 9.17) is 0 Å². The van der Waals surface area contributed by atoms with E-state index in [0.29, 0.717) is 34.1 Å². The molecule has 0 unspecified atom stereocenters. The Hall–Kier alpha value is -6.82. The van der Waals surface area contributed by atoms with Gasteiger partial charge in [-0.2, -0.15) is 0 Å². The van der Waals surface area contributed by atoms with Gasteiger partial charge in [-0.05, 0) is 89.7 Å². The van der Waals surface area contributed by atoms with Crippen LogP contribution in [0.2, 0.25) is 0 Å². The molecule has 0 aliphatic carbocycles. The van der Waals surface area contributed by atoms with Crippen molar-refractivity contribution in [2.75, 3.05) is 42.5 Å². The van der Waals surface area contributed by atoms with Crippen LogP contribution < -0.4 is 42.5 Å². The van der Waals surface area contributed by atoms with Gasteiger partial charge in [0.2, 0.25) is 0 Å². The normalized spacial score (nSPS) is 10.6. The van der Waals surface area contributed by atoms with Crippen molar-refractivity contribution >= 4 is 69.6 Å². The number of benzene rings is 5. The van der Waals surface area contributed by atoms with Gasteiger partial charge in [0, 0.05) is 45.5 Å². The summed E-state index contributed by atoms with van der Waals surface area (Å²) in [6.45, 7) is 8.23. The van der Waals surface area contributed by atoms with Crippen LogP contribution >= 0.6 is 0 Å². The van der Waals surface area contributed by atoms with E-state index in [0.717, 1.165) is 22.5 Å². The summed E-state index contributed by atoms with van der Waals surface area (Å²) in [4.78, 5) is 51.1. The molecule has 0 atom stereocenters. The van der Waals surface area contributed by atoms with Gasteiger partial charge < -0.3 is 42.5 Å². The van der Waals surface area contributed by atoms with Gasteiger partial charge in [0.05, 0.1) is 0 Å². The van der Waals surface area contributed by atoms with Crippen molar-refractivity contribution in [1.29, 1.82) is 0 Å². The highest BCUT2D eigenvalue weighted by atomic mass is 16.2. The number of amides is 8. The number of hydrogen-bond donors (Lipinski definition) is 8. The molecule has 0 saturated carbocycles. The number of urea groups is 4. The van der Waals surface area contributed by atoms with E-state index < -0.39 is 24.1 Å². The van der Waals surface area contributed by atoms with E-state index in [1.54, 1.807) is 72.8 Å². The van der Waals surface area contributed by atoms with Gasteiger partial charge in [-0.3, -0.25) is 0 Å². The molecule has 5 aromatic carbocycles. The maximum Gasteiger partial charge on any atom is 0.323 e. The Morgan fingerprint density at radius 1 is 0.346 bits per heavy atom. The lowest BCUT2D eigenvalue weighted by molar-refractivity contribution is 0.261. The number of para-hydroxylation sites is 2. The molecule has 0 radical (unpaired) electrons. The highest BCUT2D eigenvalue weighted by Crippen LogP contribution is 2.26. The zero-order valence-corrected chi connectivity index (χ0v) is 29.3. The Kier molecular flexibility index (Phi) is 12.1. The molecule has 52 heavy (non-hydrogen) atoms. The lowest BCUT2D eigenvalue weighted by Crippen LogP contribution is -2.22. The first-order valence-electron chi connectivity index (χ1n) is 16.8. The Morgan fingerprint density at radius 3 is 0.865 bits per heavy atom. The van der Waals surface area contributed by atoms with Crippen molar-refractivity contribution in [1.82, 2.24) is 0 Å². The summed E-state index contributed by atoms with van der Waals surface area (Å²) >= 11 is 0. The van der Waals surface area contributed by atoms with E-state index in [9.17, 15) is 19.2 Å². The Balaban J connectivity index is 1.11. The molecule has 8 amide bonds. The fourth-order valence-electron chi connectivity index (χ4n) is 5.41. The minimum absolute atomic E-state index is 0.239. The lowest BCUT2D eigenvalue weighted by atomic mass is 10.0. The summed E-state index contributed by atoms with van der Waals surface area (Å²) in [5.74, 6) is 0.478. The zero-order chi connectivity index (χ0) is 37.0. The lowest BCUT2D eigenvalue weighted by Gasteiger charge is -2.15. The van der Waals surface area contributed by atoms with Gasteiger partial charge in [-0.1, -0.05) is 82.3 Å². The average Bonchev–Trinajstić information content (AvgIpc) is 3.09. The number of carbonyl (C=O) groups excluding carboxylic acids is 4. The molecular formula is C40H42N8O4. The number of rotatable bonds is 10. The molecular weight excluding hydrogens is 656 g/mol. The zero-order valence-electron chi connectivity index (χ0n) is 29.3. The largest absolute Gasteiger partial charge is 0.323 e. The van der Waals surface area contributed by atoms with Gasteiger partial charge in [0.1, 0.15) is 0 Å². The Morgan fingerprint density at radius 2 is 0.596 bits per heavy atom. The van der Waals surface area contributed by atoms with Crippen LogP contribution in [-0.4, -0.2) is 24.1 Å². The highest BCUT2D eigenvalue weighted by Gasteiger charge is 2.12. The molecule has 0 spiro atoms. The van der Waals surface area contributed by atoms with Crippen LogP contribution in [0.15, 0.2) is 121 Å². The first-order chi connectivity index (χ1) is 25.0. The van der Waals surface area contributed by atoms with Crippen molar-refractivity contribution < 1.29 is 19.2 Å². The highest BCUT2D eigenvalue weighted by molar-refractivity contribution is 6.04. The number of anilines is 8. The molecule has 0 aromatic heterocycles. The summed E-state index contributed by atoms with van der Waals surface area (Å²) in [7, 11) is 0. The smallest absolute Gasteiger partial charge is 0.308 e. The maximum absolute atomic E-state index is 12.8. The molecule has 0 aliphatic heterocycles. The van der Waals surface area contributed by atoms with Crippen LogP contribution in [0.5, 0.6) is 0 Å². The van der Waals surface area contributed by atoms with E-state index in [2.05, 4.69) is 70.2 Å². The van der Waals surface area contributed by atoms with E-state index in [-0.39, 0.29) is 11.8 Å². The minimum Gasteiger partial charge on any atom is -0.308 e. The maximum atomic E-state index is 12.8. The quantitative estimate of drug-likeness (QED) is 0.0728. The second kappa shape index (κ2) is 17.2. The molecule has 0 aliphatic rings. The monoisotopic (exact) mass is 698 g/mol. The molecule has 12 heteroatoms. The van der Waals surface area contributed by atoms with Crippen LogP contribution in [0.4, 0.5) is 64.7 Å². The minimum atomic E-state index is -0.518. The second-order valence-corrected chi connectivity index (χ2v) is 12.5. The van der Waals surface area contributed by atoms with Gasteiger partial charge in [0.25, 0.3) is 0 Å². The topological polar surface area (TPSA) is 165 Å². The molecule has 0 saturated heterocycles. The van der Waals surface area contributed by atoms with Crippen molar-refractivity contribution in [3.8, 4) is 0 Å². The molecule has 5 aromatic rings. The van der Waals surface area contributed by atoms with Crippen molar-refractivity contribution in [2.45, 2.75) is 39.5 Å². The first kappa shape index (κ1) is 36.5.